The van der Waals surface area contributed by atoms with E-state index in [1.165, 1.54) is 4.90 Å². The molecule has 0 radical (unpaired) electrons. The van der Waals surface area contributed by atoms with E-state index in [1.54, 1.807) is 24.3 Å². The Balaban J connectivity index is 1.84. The number of hydrogen-bond acceptors (Lipinski definition) is 4. The van der Waals surface area contributed by atoms with Gasteiger partial charge in [-0.3, -0.25) is 14.5 Å². The van der Waals surface area contributed by atoms with Crippen LogP contribution in [0.15, 0.2) is 78.4 Å². The van der Waals surface area contributed by atoms with Crippen molar-refractivity contribution >= 4 is 23.1 Å². The van der Waals surface area contributed by atoms with E-state index >= 15 is 0 Å². The van der Waals surface area contributed by atoms with Crippen molar-refractivity contribution in [2.45, 2.75) is 33.7 Å². The van der Waals surface area contributed by atoms with Gasteiger partial charge in [0.2, 0.25) is 0 Å². The lowest BCUT2D eigenvalue weighted by Crippen LogP contribution is -2.29. The third kappa shape index (κ3) is 4.46. The molecule has 0 saturated carbocycles. The molecule has 0 bridgehead atoms. The highest BCUT2D eigenvalue weighted by Gasteiger charge is 2.46. The smallest absolute Gasteiger partial charge is 0.300 e. The number of hydrogen-bond donors (Lipinski definition) is 1. The van der Waals surface area contributed by atoms with Crippen LogP contribution in [0.2, 0.25) is 0 Å². The van der Waals surface area contributed by atoms with Crippen LogP contribution in [0.1, 0.15) is 42.1 Å². The Morgan fingerprint density at radius 2 is 1.71 bits per heavy atom. The van der Waals surface area contributed by atoms with Crippen LogP contribution in [0.4, 0.5) is 5.69 Å². The van der Waals surface area contributed by atoms with Gasteiger partial charge in [0, 0.05) is 11.3 Å². The van der Waals surface area contributed by atoms with Gasteiger partial charge in [0.25, 0.3) is 11.7 Å². The molecule has 0 aromatic heterocycles. The van der Waals surface area contributed by atoms with Crippen molar-refractivity contribution in [2.75, 3.05) is 11.5 Å². The van der Waals surface area contributed by atoms with Gasteiger partial charge in [-0.25, -0.2) is 0 Å². The van der Waals surface area contributed by atoms with E-state index in [9.17, 15) is 14.7 Å². The monoisotopic (exact) mass is 455 g/mol. The molecular formula is C29H29NO4. The number of nitrogens with zero attached hydrogens (tertiary/aromatic N) is 1. The van der Waals surface area contributed by atoms with Crippen molar-refractivity contribution in [3.8, 4) is 5.75 Å². The van der Waals surface area contributed by atoms with Crippen LogP contribution >= 0.6 is 0 Å². The van der Waals surface area contributed by atoms with Crippen molar-refractivity contribution in [3.63, 3.8) is 0 Å². The van der Waals surface area contributed by atoms with Crippen molar-refractivity contribution in [2.24, 2.45) is 5.92 Å². The number of Topliss-reactive ketones (excluding diaryl/α,β-unsaturated/α-hetero) is 1. The van der Waals surface area contributed by atoms with E-state index in [0.717, 1.165) is 22.4 Å². The Kier molecular flexibility index (Phi) is 6.55. The van der Waals surface area contributed by atoms with E-state index in [-0.39, 0.29) is 11.3 Å². The van der Waals surface area contributed by atoms with Gasteiger partial charge in [0.15, 0.2) is 0 Å². The molecule has 0 spiro atoms. The molecule has 3 aromatic rings. The molecule has 4 rings (SSSR count). The zero-order chi connectivity index (χ0) is 24.4. The normalized spacial score (nSPS) is 17.4. The van der Waals surface area contributed by atoms with Gasteiger partial charge in [-0.2, -0.15) is 0 Å². The number of anilines is 1. The van der Waals surface area contributed by atoms with Crippen molar-refractivity contribution in [1.82, 2.24) is 0 Å². The number of aliphatic hydroxyl groups excluding tert-OH is 1. The Bertz CT molecular complexity index is 1260. The Morgan fingerprint density at radius 1 is 0.971 bits per heavy atom. The topological polar surface area (TPSA) is 66.8 Å². The van der Waals surface area contributed by atoms with Gasteiger partial charge >= 0.3 is 0 Å². The second kappa shape index (κ2) is 9.56. The summed E-state index contributed by atoms with van der Waals surface area (Å²) in [6, 6.07) is 21.3. The SMILES string of the molecule is Cc1cccc(N2C(=O)C(=O)/C(=C(\O)c3ccc(OCC(C)C)c(C)c3)C2c2ccccc2)c1. The number of carbonyl (C=O) groups is 2. The first-order chi connectivity index (χ1) is 16.3. The predicted molar refractivity (Wildman–Crippen MR) is 134 cm³/mol. The largest absolute Gasteiger partial charge is 0.507 e. The zero-order valence-electron chi connectivity index (χ0n) is 19.9. The summed E-state index contributed by atoms with van der Waals surface area (Å²) < 4.78 is 5.85. The van der Waals surface area contributed by atoms with Crippen LogP contribution in [0, 0.1) is 19.8 Å². The number of benzene rings is 3. The zero-order valence-corrected chi connectivity index (χ0v) is 19.9. The highest BCUT2D eigenvalue weighted by Crippen LogP contribution is 2.42. The quantitative estimate of drug-likeness (QED) is 0.283. The van der Waals surface area contributed by atoms with E-state index in [0.29, 0.717) is 23.8 Å². The lowest BCUT2D eigenvalue weighted by Gasteiger charge is -2.25. The predicted octanol–water partition coefficient (Wildman–Crippen LogP) is 5.96. The first kappa shape index (κ1) is 23.3. The molecule has 1 N–H and O–H groups in total. The molecule has 1 unspecified atom stereocenters. The molecule has 1 heterocycles. The third-order valence-corrected chi connectivity index (χ3v) is 5.86. The fourth-order valence-electron chi connectivity index (χ4n) is 4.20. The second-order valence-corrected chi connectivity index (χ2v) is 9.10. The highest BCUT2D eigenvalue weighted by atomic mass is 16.5. The maximum atomic E-state index is 13.3. The molecule has 1 amide bonds. The number of ketones is 1. The third-order valence-electron chi connectivity index (χ3n) is 5.86. The van der Waals surface area contributed by atoms with Gasteiger partial charge in [-0.1, -0.05) is 56.3 Å². The summed E-state index contributed by atoms with van der Waals surface area (Å²) in [5, 5.41) is 11.3. The van der Waals surface area contributed by atoms with E-state index in [2.05, 4.69) is 13.8 Å². The molecule has 1 aliphatic heterocycles. The summed E-state index contributed by atoms with van der Waals surface area (Å²) in [4.78, 5) is 28.0. The van der Waals surface area contributed by atoms with Crippen molar-refractivity contribution in [1.29, 1.82) is 0 Å². The molecule has 1 atom stereocenters. The van der Waals surface area contributed by atoms with E-state index in [4.69, 9.17) is 4.74 Å². The first-order valence-corrected chi connectivity index (χ1v) is 11.4. The van der Waals surface area contributed by atoms with Crippen molar-refractivity contribution < 1.29 is 19.4 Å². The summed E-state index contributed by atoms with van der Waals surface area (Å²) in [6.07, 6.45) is 0. The molecule has 5 nitrogen and oxygen atoms in total. The number of aliphatic hydroxyl groups is 1. The molecule has 1 fully saturated rings. The van der Waals surface area contributed by atoms with Crippen LogP contribution in [0.25, 0.3) is 5.76 Å². The fraction of sp³-hybridized carbons (Fsp3) is 0.241. The van der Waals surface area contributed by atoms with Crippen LogP contribution in [-0.2, 0) is 9.59 Å². The molecule has 0 aliphatic carbocycles. The van der Waals surface area contributed by atoms with Gasteiger partial charge in [-0.05, 0) is 66.8 Å². The van der Waals surface area contributed by atoms with Gasteiger partial charge in [-0.15, -0.1) is 0 Å². The lowest BCUT2D eigenvalue weighted by molar-refractivity contribution is -0.132. The van der Waals surface area contributed by atoms with E-state index in [1.807, 2.05) is 62.4 Å². The number of aryl methyl sites for hydroxylation is 2. The van der Waals surface area contributed by atoms with Crippen molar-refractivity contribution in [3.05, 3.63) is 101 Å². The Morgan fingerprint density at radius 3 is 2.35 bits per heavy atom. The fourth-order valence-corrected chi connectivity index (χ4v) is 4.20. The minimum atomic E-state index is -0.736. The van der Waals surface area contributed by atoms with Gasteiger partial charge in [0.1, 0.15) is 11.5 Å². The maximum Gasteiger partial charge on any atom is 0.300 e. The molecule has 174 valence electrons. The number of amides is 1. The van der Waals surface area contributed by atoms with Gasteiger partial charge in [0.05, 0.1) is 18.2 Å². The molecule has 34 heavy (non-hydrogen) atoms. The Labute approximate surface area is 200 Å². The molecular weight excluding hydrogens is 426 g/mol. The average Bonchev–Trinajstić information content (AvgIpc) is 3.08. The minimum Gasteiger partial charge on any atom is -0.507 e. The first-order valence-electron chi connectivity index (χ1n) is 11.4. The number of ether oxygens (including phenoxy) is 1. The van der Waals surface area contributed by atoms with Crippen LogP contribution in [0.5, 0.6) is 5.75 Å². The second-order valence-electron chi connectivity index (χ2n) is 9.10. The summed E-state index contributed by atoms with van der Waals surface area (Å²) >= 11 is 0. The molecule has 1 aliphatic rings. The summed E-state index contributed by atoms with van der Waals surface area (Å²) in [6.45, 7) is 8.57. The minimum absolute atomic E-state index is 0.0768. The standard InChI is InChI=1S/C29H29NO4/c1-18(2)17-34-24-14-13-22(16-20(24)4)27(31)25-26(21-10-6-5-7-11-21)30(29(33)28(25)32)23-12-8-9-19(3)15-23/h5-16,18,26,31H,17H2,1-4H3/b27-25-. The maximum absolute atomic E-state index is 13.3. The lowest BCUT2D eigenvalue weighted by atomic mass is 9.94. The summed E-state index contributed by atoms with van der Waals surface area (Å²) in [7, 11) is 0. The number of rotatable bonds is 6. The van der Waals surface area contributed by atoms with Crippen LogP contribution in [0.3, 0.4) is 0 Å². The summed E-state index contributed by atoms with van der Waals surface area (Å²) in [5.74, 6) is -0.442. The molecule has 5 heteroatoms. The van der Waals surface area contributed by atoms with Crippen LogP contribution < -0.4 is 9.64 Å². The highest BCUT2D eigenvalue weighted by molar-refractivity contribution is 6.51. The number of carbonyl (C=O) groups excluding carboxylic acids is 2. The Hall–Kier alpha value is -3.86. The van der Waals surface area contributed by atoms with Crippen LogP contribution in [-0.4, -0.2) is 23.4 Å². The molecule has 3 aromatic carbocycles. The average molecular weight is 456 g/mol. The summed E-state index contributed by atoms with van der Waals surface area (Å²) in [5.41, 5.74) is 3.72. The van der Waals surface area contributed by atoms with E-state index < -0.39 is 17.7 Å². The van der Waals surface area contributed by atoms with Gasteiger partial charge < -0.3 is 9.84 Å². The molecule has 1 saturated heterocycles.